The number of hydrogen-bond acceptors (Lipinski definition) is 4. The largest absolute Gasteiger partial charge is 0.389 e. The van der Waals surface area contributed by atoms with Crippen LogP contribution >= 0.6 is 12.2 Å². The van der Waals surface area contributed by atoms with Gasteiger partial charge in [0.05, 0.1) is 6.04 Å². The van der Waals surface area contributed by atoms with Crippen molar-refractivity contribution in [3.8, 4) is 0 Å². The monoisotopic (exact) mass is 306 g/mol. The Bertz CT molecular complexity index is 526. The van der Waals surface area contributed by atoms with E-state index in [0.717, 1.165) is 37.4 Å². The van der Waals surface area contributed by atoms with Gasteiger partial charge in [0.2, 0.25) is 5.91 Å². The number of likely N-dealkylation sites (N-methyl/N-ethyl adjacent to an activating group) is 1. The number of nitrogens with one attached hydrogen (secondary N) is 1. The van der Waals surface area contributed by atoms with E-state index in [4.69, 9.17) is 18.0 Å². The summed E-state index contributed by atoms with van der Waals surface area (Å²) in [5, 5.41) is 2.94. The quantitative estimate of drug-likeness (QED) is 0.809. The van der Waals surface area contributed by atoms with Crippen LogP contribution in [0.3, 0.4) is 0 Å². The molecule has 1 saturated heterocycles. The molecule has 1 atom stereocenters. The minimum Gasteiger partial charge on any atom is -0.389 e. The Labute approximate surface area is 131 Å². The first-order valence-electron chi connectivity index (χ1n) is 7.10. The van der Waals surface area contributed by atoms with Crippen molar-refractivity contribution in [1.29, 1.82) is 0 Å². The van der Waals surface area contributed by atoms with E-state index in [1.807, 2.05) is 25.1 Å². The molecule has 1 heterocycles. The van der Waals surface area contributed by atoms with Crippen molar-refractivity contribution in [2.24, 2.45) is 5.73 Å². The van der Waals surface area contributed by atoms with Crippen molar-refractivity contribution in [2.45, 2.75) is 13.0 Å². The normalized spacial score (nSPS) is 18.2. The molecule has 21 heavy (non-hydrogen) atoms. The average molecular weight is 306 g/mol. The van der Waals surface area contributed by atoms with Gasteiger partial charge in [-0.2, -0.15) is 0 Å². The van der Waals surface area contributed by atoms with Gasteiger partial charge >= 0.3 is 0 Å². The Hall–Kier alpha value is -1.50. The number of nitrogens with two attached hydrogens (primary N) is 1. The van der Waals surface area contributed by atoms with Crippen LogP contribution in [-0.4, -0.2) is 60.0 Å². The summed E-state index contributed by atoms with van der Waals surface area (Å²) in [5.41, 5.74) is 7.10. The zero-order chi connectivity index (χ0) is 15.4. The van der Waals surface area contributed by atoms with Crippen LogP contribution in [0.4, 0.5) is 5.69 Å². The van der Waals surface area contributed by atoms with Crippen LogP contribution in [0.2, 0.25) is 0 Å². The third kappa shape index (κ3) is 4.23. The summed E-state index contributed by atoms with van der Waals surface area (Å²) in [6.07, 6.45) is 0. The number of piperazine rings is 1. The summed E-state index contributed by atoms with van der Waals surface area (Å²) in [6.45, 7) is 5.76. The van der Waals surface area contributed by atoms with E-state index in [1.54, 1.807) is 6.07 Å². The summed E-state index contributed by atoms with van der Waals surface area (Å²) >= 11 is 4.95. The van der Waals surface area contributed by atoms with Gasteiger partial charge < -0.3 is 16.0 Å². The average Bonchev–Trinajstić information content (AvgIpc) is 2.47. The number of hydrogen-bond donors (Lipinski definition) is 2. The summed E-state index contributed by atoms with van der Waals surface area (Å²) < 4.78 is 0. The number of carbonyl (C=O) groups is 1. The van der Waals surface area contributed by atoms with E-state index >= 15 is 0 Å². The Morgan fingerprint density at radius 1 is 1.33 bits per heavy atom. The van der Waals surface area contributed by atoms with Crippen molar-refractivity contribution in [1.82, 2.24) is 9.80 Å². The molecule has 5 nitrogen and oxygen atoms in total. The minimum absolute atomic E-state index is 0.000331. The lowest BCUT2D eigenvalue weighted by atomic mass is 10.2. The van der Waals surface area contributed by atoms with Crippen molar-refractivity contribution in [3.63, 3.8) is 0 Å². The van der Waals surface area contributed by atoms with Gasteiger partial charge in [0.1, 0.15) is 4.99 Å². The first kappa shape index (κ1) is 15.9. The molecule has 1 aliphatic rings. The van der Waals surface area contributed by atoms with Gasteiger partial charge in [-0.3, -0.25) is 9.69 Å². The zero-order valence-corrected chi connectivity index (χ0v) is 13.3. The number of anilines is 1. The molecule has 1 fully saturated rings. The highest BCUT2D eigenvalue weighted by Crippen LogP contribution is 2.13. The molecule has 0 radical (unpaired) electrons. The highest BCUT2D eigenvalue weighted by Gasteiger charge is 2.24. The summed E-state index contributed by atoms with van der Waals surface area (Å²) in [7, 11) is 2.10. The molecule has 1 amide bonds. The van der Waals surface area contributed by atoms with Gasteiger partial charge in [-0.05, 0) is 26.1 Å². The number of benzene rings is 1. The second-order valence-corrected chi connectivity index (χ2v) is 5.89. The molecule has 1 aromatic carbocycles. The first-order valence-corrected chi connectivity index (χ1v) is 7.51. The van der Waals surface area contributed by atoms with Gasteiger partial charge in [-0.15, -0.1) is 0 Å². The lowest BCUT2D eigenvalue weighted by Crippen LogP contribution is -2.51. The molecule has 2 rings (SSSR count). The van der Waals surface area contributed by atoms with E-state index in [-0.39, 0.29) is 11.9 Å². The van der Waals surface area contributed by atoms with E-state index in [2.05, 4.69) is 22.2 Å². The van der Waals surface area contributed by atoms with Gasteiger partial charge in [-0.1, -0.05) is 24.4 Å². The Kier molecular flexibility index (Phi) is 5.27. The third-order valence-corrected chi connectivity index (χ3v) is 4.12. The molecule has 0 aliphatic carbocycles. The van der Waals surface area contributed by atoms with Gasteiger partial charge in [0.15, 0.2) is 0 Å². The van der Waals surface area contributed by atoms with Crippen molar-refractivity contribution >= 4 is 28.8 Å². The number of thiocarbonyl (C=S) groups is 1. The van der Waals surface area contributed by atoms with E-state index < -0.39 is 0 Å². The highest BCUT2D eigenvalue weighted by molar-refractivity contribution is 7.80. The highest BCUT2D eigenvalue weighted by atomic mass is 32.1. The van der Waals surface area contributed by atoms with Crippen LogP contribution in [0.15, 0.2) is 24.3 Å². The van der Waals surface area contributed by atoms with Crippen LogP contribution in [0.25, 0.3) is 0 Å². The van der Waals surface area contributed by atoms with Crippen LogP contribution < -0.4 is 11.1 Å². The number of amides is 1. The molecule has 0 aromatic heterocycles. The molecule has 114 valence electrons. The first-order chi connectivity index (χ1) is 9.97. The molecule has 1 unspecified atom stereocenters. The van der Waals surface area contributed by atoms with Crippen molar-refractivity contribution < 1.29 is 4.79 Å². The van der Waals surface area contributed by atoms with Crippen LogP contribution in [0.5, 0.6) is 0 Å². The SMILES string of the molecule is CC(C(=O)Nc1cccc(C(N)=S)c1)N1CCN(C)CC1. The molecule has 1 aliphatic heterocycles. The number of carbonyl (C=O) groups excluding carboxylic acids is 1. The fourth-order valence-corrected chi connectivity index (χ4v) is 2.50. The smallest absolute Gasteiger partial charge is 0.241 e. The minimum atomic E-state index is -0.146. The Morgan fingerprint density at radius 3 is 2.62 bits per heavy atom. The molecule has 3 N–H and O–H groups in total. The molecule has 0 saturated carbocycles. The van der Waals surface area contributed by atoms with Gasteiger partial charge in [0, 0.05) is 37.4 Å². The maximum atomic E-state index is 12.3. The maximum Gasteiger partial charge on any atom is 0.241 e. The van der Waals surface area contributed by atoms with Gasteiger partial charge in [-0.25, -0.2) is 0 Å². The predicted octanol–water partition coefficient (Wildman–Crippen LogP) is 0.895. The fraction of sp³-hybridized carbons (Fsp3) is 0.467. The topological polar surface area (TPSA) is 61.6 Å². The van der Waals surface area contributed by atoms with Crippen LogP contribution in [-0.2, 0) is 4.79 Å². The Morgan fingerprint density at radius 2 is 2.00 bits per heavy atom. The maximum absolute atomic E-state index is 12.3. The molecular formula is C15H22N4OS. The second-order valence-electron chi connectivity index (χ2n) is 5.45. The lowest BCUT2D eigenvalue weighted by molar-refractivity contribution is -0.121. The lowest BCUT2D eigenvalue weighted by Gasteiger charge is -2.35. The van der Waals surface area contributed by atoms with Crippen molar-refractivity contribution in [3.05, 3.63) is 29.8 Å². The Balaban J connectivity index is 1.97. The van der Waals surface area contributed by atoms with E-state index in [9.17, 15) is 4.79 Å². The van der Waals surface area contributed by atoms with Crippen LogP contribution in [0.1, 0.15) is 12.5 Å². The zero-order valence-electron chi connectivity index (χ0n) is 12.5. The fourth-order valence-electron chi connectivity index (χ4n) is 2.37. The summed E-state index contributed by atoms with van der Waals surface area (Å²) in [5.74, 6) is -0.000331. The van der Waals surface area contributed by atoms with E-state index in [1.165, 1.54) is 0 Å². The molecular weight excluding hydrogens is 284 g/mol. The number of rotatable bonds is 4. The molecule has 1 aromatic rings. The molecule has 0 spiro atoms. The standard InChI is InChI=1S/C15H22N4OS/c1-11(19-8-6-18(2)7-9-19)15(20)17-13-5-3-4-12(10-13)14(16)21/h3-5,10-11H,6-9H2,1-2H3,(H2,16,21)(H,17,20). The third-order valence-electron chi connectivity index (χ3n) is 3.88. The molecule has 0 bridgehead atoms. The van der Waals surface area contributed by atoms with E-state index in [0.29, 0.717) is 4.99 Å². The van der Waals surface area contributed by atoms with Gasteiger partial charge in [0.25, 0.3) is 0 Å². The molecule has 6 heteroatoms. The number of nitrogens with zero attached hydrogens (tertiary/aromatic N) is 2. The second kappa shape index (κ2) is 6.98. The van der Waals surface area contributed by atoms with Crippen LogP contribution in [0, 0.1) is 0 Å². The predicted molar refractivity (Wildman–Crippen MR) is 89.5 cm³/mol. The van der Waals surface area contributed by atoms with Crippen molar-refractivity contribution in [2.75, 3.05) is 38.5 Å². The summed E-state index contributed by atoms with van der Waals surface area (Å²) in [6, 6.07) is 7.17. The summed E-state index contributed by atoms with van der Waals surface area (Å²) in [4.78, 5) is 17.1.